The first-order valence-corrected chi connectivity index (χ1v) is 11.2. The van der Waals surface area contributed by atoms with Gasteiger partial charge in [-0.15, -0.1) is 0 Å². The number of nitrogens with zero attached hydrogens (tertiary/aromatic N) is 2. The molecule has 1 heterocycles. The highest BCUT2D eigenvalue weighted by molar-refractivity contribution is 6.39. The summed E-state index contributed by atoms with van der Waals surface area (Å²) in [5.41, 5.74) is 7.18. The Morgan fingerprint density at radius 2 is 1.66 bits per heavy atom. The van der Waals surface area contributed by atoms with Crippen LogP contribution < -0.4 is 9.64 Å². The van der Waals surface area contributed by atoms with Gasteiger partial charge in [-0.2, -0.15) is 0 Å². The summed E-state index contributed by atoms with van der Waals surface area (Å²) < 4.78 is 5.32. The van der Waals surface area contributed by atoms with Gasteiger partial charge in [-0.3, -0.25) is 4.79 Å². The van der Waals surface area contributed by atoms with Crippen LogP contribution in [0.15, 0.2) is 72.8 Å². The lowest BCUT2D eigenvalue weighted by atomic mass is 10.0. The van der Waals surface area contributed by atoms with Crippen LogP contribution in [0.25, 0.3) is 11.3 Å². The SMILES string of the molecule is COc1ccc(C2=C(N3CCN(c4cccc(C)c4)[C@@H](C)C3)c3ccccc3C2=O)cc1. The van der Waals surface area contributed by atoms with E-state index in [4.69, 9.17) is 4.74 Å². The molecule has 0 amide bonds. The number of anilines is 1. The molecule has 0 radical (unpaired) electrons. The van der Waals surface area contributed by atoms with E-state index in [2.05, 4.69) is 54.0 Å². The molecule has 4 nitrogen and oxygen atoms in total. The fraction of sp³-hybridized carbons (Fsp3) is 0.250. The first-order valence-electron chi connectivity index (χ1n) is 11.2. The first kappa shape index (κ1) is 20.4. The van der Waals surface area contributed by atoms with Crippen molar-refractivity contribution in [3.8, 4) is 5.75 Å². The summed E-state index contributed by atoms with van der Waals surface area (Å²) in [5, 5.41) is 0. The van der Waals surface area contributed by atoms with Crippen LogP contribution in [-0.4, -0.2) is 43.5 Å². The standard InChI is InChI=1S/C28H28N2O2/c1-19-7-6-8-22(17-19)30-16-15-29(18-20(30)2)27-24-9-4-5-10-25(24)28(31)26(27)21-11-13-23(32-3)14-12-21/h4-14,17,20H,15-16,18H2,1-3H3/t20-/m0/s1. The third kappa shape index (κ3) is 3.46. The number of carbonyl (C=O) groups excluding carboxylic acids is 1. The molecule has 1 aliphatic heterocycles. The molecule has 0 N–H and O–H groups in total. The largest absolute Gasteiger partial charge is 0.497 e. The minimum Gasteiger partial charge on any atom is -0.497 e. The highest BCUT2D eigenvalue weighted by Crippen LogP contribution is 2.41. The molecule has 5 rings (SSSR count). The highest BCUT2D eigenvalue weighted by Gasteiger charge is 2.36. The molecular weight excluding hydrogens is 396 g/mol. The van der Waals surface area contributed by atoms with Crippen LogP contribution in [-0.2, 0) is 0 Å². The van der Waals surface area contributed by atoms with Crippen molar-refractivity contribution in [3.05, 3.63) is 95.1 Å². The van der Waals surface area contributed by atoms with E-state index in [0.717, 1.165) is 53.3 Å². The topological polar surface area (TPSA) is 32.8 Å². The molecule has 1 atom stereocenters. The van der Waals surface area contributed by atoms with E-state index in [1.807, 2.05) is 42.5 Å². The van der Waals surface area contributed by atoms with Crippen molar-refractivity contribution in [1.82, 2.24) is 4.90 Å². The summed E-state index contributed by atoms with van der Waals surface area (Å²) in [4.78, 5) is 18.4. The van der Waals surface area contributed by atoms with Gasteiger partial charge in [-0.05, 0) is 49.2 Å². The Balaban J connectivity index is 1.53. The number of rotatable bonds is 4. The van der Waals surface area contributed by atoms with Gasteiger partial charge in [0.05, 0.1) is 18.4 Å². The molecule has 0 saturated carbocycles. The normalized spacial score (nSPS) is 18.2. The Labute approximate surface area is 189 Å². The number of piperazine rings is 1. The number of ketones is 1. The lowest BCUT2D eigenvalue weighted by Gasteiger charge is -2.43. The van der Waals surface area contributed by atoms with Gasteiger partial charge in [0.25, 0.3) is 0 Å². The molecule has 1 saturated heterocycles. The third-order valence-electron chi connectivity index (χ3n) is 6.55. The number of benzene rings is 3. The van der Waals surface area contributed by atoms with Crippen molar-refractivity contribution in [2.45, 2.75) is 19.9 Å². The summed E-state index contributed by atoms with van der Waals surface area (Å²) in [6.07, 6.45) is 0. The van der Waals surface area contributed by atoms with Gasteiger partial charge in [0.2, 0.25) is 0 Å². The summed E-state index contributed by atoms with van der Waals surface area (Å²) in [7, 11) is 1.66. The van der Waals surface area contributed by atoms with E-state index < -0.39 is 0 Å². The number of methoxy groups -OCH3 is 1. The average Bonchev–Trinajstić information content (AvgIpc) is 3.11. The number of ether oxygens (including phenoxy) is 1. The molecule has 0 unspecified atom stereocenters. The van der Waals surface area contributed by atoms with Crippen LogP contribution in [0.2, 0.25) is 0 Å². The zero-order valence-corrected chi connectivity index (χ0v) is 18.8. The molecule has 32 heavy (non-hydrogen) atoms. The van der Waals surface area contributed by atoms with Crippen LogP contribution >= 0.6 is 0 Å². The zero-order chi connectivity index (χ0) is 22.2. The Morgan fingerprint density at radius 3 is 2.34 bits per heavy atom. The van der Waals surface area contributed by atoms with Gasteiger partial charge in [-0.1, -0.05) is 48.5 Å². The lowest BCUT2D eigenvalue weighted by molar-refractivity contribution is 0.105. The zero-order valence-electron chi connectivity index (χ0n) is 18.8. The number of hydrogen-bond donors (Lipinski definition) is 0. The van der Waals surface area contributed by atoms with Gasteiger partial charge < -0.3 is 14.5 Å². The van der Waals surface area contributed by atoms with Crippen LogP contribution in [0.3, 0.4) is 0 Å². The second-order valence-electron chi connectivity index (χ2n) is 8.65. The van der Waals surface area contributed by atoms with Crippen molar-refractivity contribution < 1.29 is 9.53 Å². The average molecular weight is 425 g/mol. The minimum absolute atomic E-state index is 0.106. The van der Waals surface area contributed by atoms with Crippen LogP contribution in [0.4, 0.5) is 5.69 Å². The Morgan fingerprint density at radius 1 is 0.906 bits per heavy atom. The minimum atomic E-state index is 0.106. The van der Waals surface area contributed by atoms with E-state index >= 15 is 0 Å². The summed E-state index contributed by atoms with van der Waals surface area (Å²) >= 11 is 0. The quantitative estimate of drug-likeness (QED) is 0.571. The fourth-order valence-corrected chi connectivity index (χ4v) is 4.97. The molecule has 4 heteroatoms. The number of carbonyl (C=O) groups is 1. The van der Waals surface area contributed by atoms with Crippen LogP contribution in [0.5, 0.6) is 5.75 Å². The Kier molecular flexibility index (Phi) is 5.22. The number of Topliss-reactive ketones (excluding diaryl/α,β-unsaturated/α-hetero) is 1. The molecule has 2 aliphatic rings. The predicted octanol–water partition coefficient (Wildman–Crippen LogP) is 5.28. The van der Waals surface area contributed by atoms with Gasteiger partial charge in [-0.25, -0.2) is 0 Å². The number of allylic oxidation sites excluding steroid dienone is 1. The van der Waals surface area contributed by atoms with E-state index in [1.165, 1.54) is 11.3 Å². The van der Waals surface area contributed by atoms with E-state index in [9.17, 15) is 4.79 Å². The highest BCUT2D eigenvalue weighted by atomic mass is 16.5. The first-order chi connectivity index (χ1) is 15.6. The molecule has 1 fully saturated rings. The molecule has 0 bridgehead atoms. The number of hydrogen-bond acceptors (Lipinski definition) is 4. The maximum atomic E-state index is 13.5. The molecule has 3 aromatic carbocycles. The van der Waals surface area contributed by atoms with Crippen molar-refractivity contribution in [3.63, 3.8) is 0 Å². The monoisotopic (exact) mass is 424 g/mol. The molecular formula is C28H28N2O2. The summed E-state index contributed by atoms with van der Waals surface area (Å²) in [5.74, 6) is 0.897. The van der Waals surface area contributed by atoms with Crippen LogP contribution in [0.1, 0.15) is 34.0 Å². The van der Waals surface area contributed by atoms with Crippen molar-refractivity contribution in [1.29, 1.82) is 0 Å². The smallest absolute Gasteiger partial charge is 0.196 e. The number of fused-ring (bicyclic) bond motifs is 1. The molecule has 3 aromatic rings. The van der Waals surface area contributed by atoms with Crippen molar-refractivity contribution in [2.75, 3.05) is 31.6 Å². The maximum Gasteiger partial charge on any atom is 0.196 e. The van der Waals surface area contributed by atoms with Crippen molar-refractivity contribution in [2.24, 2.45) is 0 Å². The molecule has 162 valence electrons. The van der Waals surface area contributed by atoms with Gasteiger partial charge in [0, 0.05) is 42.5 Å². The number of aryl methyl sites for hydroxylation is 1. The fourth-order valence-electron chi connectivity index (χ4n) is 4.97. The van der Waals surface area contributed by atoms with Gasteiger partial charge in [0.15, 0.2) is 5.78 Å². The summed E-state index contributed by atoms with van der Waals surface area (Å²) in [6.45, 7) is 7.06. The Bertz CT molecular complexity index is 1200. The van der Waals surface area contributed by atoms with E-state index in [-0.39, 0.29) is 5.78 Å². The predicted molar refractivity (Wildman–Crippen MR) is 130 cm³/mol. The van der Waals surface area contributed by atoms with Crippen LogP contribution in [0, 0.1) is 6.92 Å². The second-order valence-corrected chi connectivity index (χ2v) is 8.65. The van der Waals surface area contributed by atoms with Gasteiger partial charge in [0.1, 0.15) is 5.75 Å². The molecule has 0 aromatic heterocycles. The molecule has 0 spiro atoms. The second kappa shape index (κ2) is 8.19. The molecule has 1 aliphatic carbocycles. The van der Waals surface area contributed by atoms with E-state index in [0.29, 0.717) is 6.04 Å². The maximum absolute atomic E-state index is 13.5. The third-order valence-corrected chi connectivity index (χ3v) is 6.55. The Hall–Kier alpha value is -3.53. The summed E-state index contributed by atoms with van der Waals surface area (Å²) in [6, 6.07) is 24.9. The van der Waals surface area contributed by atoms with Crippen molar-refractivity contribution >= 4 is 22.7 Å². The van der Waals surface area contributed by atoms with Gasteiger partial charge >= 0.3 is 0 Å². The lowest BCUT2D eigenvalue weighted by Crippen LogP contribution is -2.51. The van der Waals surface area contributed by atoms with E-state index in [1.54, 1.807) is 7.11 Å².